The second-order valence-corrected chi connectivity index (χ2v) is 9.14. The van der Waals surface area contributed by atoms with Crippen LogP contribution in [0.3, 0.4) is 0 Å². The Labute approximate surface area is 199 Å². The molecule has 0 atom stereocenters. The number of methoxy groups -OCH3 is 1. The SMILES string of the molecule is COc1c(-c2cc(C)n(-c3ccccc3)n2)c(O)c(S(=O)(=O)Oc2ccc(F)cc2)c2occc12. The third-order valence-electron chi connectivity index (χ3n) is 5.41. The van der Waals surface area contributed by atoms with E-state index in [0.717, 1.165) is 23.5 Å². The smallest absolute Gasteiger partial charge is 0.346 e. The molecule has 0 aliphatic heterocycles. The average Bonchev–Trinajstić information content (AvgIpc) is 3.46. The highest BCUT2D eigenvalue weighted by molar-refractivity contribution is 7.87. The number of hydrogen-bond donors (Lipinski definition) is 1. The van der Waals surface area contributed by atoms with Crippen LogP contribution in [-0.2, 0) is 10.1 Å². The second-order valence-electron chi connectivity index (χ2n) is 7.66. The number of rotatable bonds is 6. The molecule has 0 amide bonds. The van der Waals surface area contributed by atoms with Gasteiger partial charge in [0.25, 0.3) is 0 Å². The van der Waals surface area contributed by atoms with E-state index < -0.39 is 26.6 Å². The van der Waals surface area contributed by atoms with Crippen molar-refractivity contribution in [2.24, 2.45) is 0 Å². The summed E-state index contributed by atoms with van der Waals surface area (Å²) in [7, 11) is -3.22. The van der Waals surface area contributed by atoms with Crippen molar-refractivity contribution in [3.63, 3.8) is 0 Å². The van der Waals surface area contributed by atoms with E-state index in [2.05, 4.69) is 5.10 Å². The zero-order chi connectivity index (χ0) is 24.7. The van der Waals surface area contributed by atoms with Gasteiger partial charge in [-0.2, -0.15) is 13.5 Å². The molecule has 0 fully saturated rings. The van der Waals surface area contributed by atoms with Crippen molar-refractivity contribution in [1.29, 1.82) is 0 Å². The van der Waals surface area contributed by atoms with E-state index in [1.165, 1.54) is 31.6 Å². The molecule has 178 valence electrons. The molecule has 0 radical (unpaired) electrons. The summed E-state index contributed by atoms with van der Waals surface area (Å²) in [6.45, 7) is 1.83. The van der Waals surface area contributed by atoms with Gasteiger partial charge in [0.1, 0.15) is 23.0 Å². The van der Waals surface area contributed by atoms with Crippen LogP contribution in [0.4, 0.5) is 4.39 Å². The number of benzene rings is 3. The molecule has 2 heterocycles. The lowest BCUT2D eigenvalue weighted by Gasteiger charge is -2.15. The lowest BCUT2D eigenvalue weighted by atomic mass is 10.1. The Morgan fingerprint density at radius 2 is 1.77 bits per heavy atom. The molecular weight excluding hydrogens is 475 g/mol. The van der Waals surface area contributed by atoms with E-state index in [1.807, 2.05) is 37.3 Å². The van der Waals surface area contributed by atoms with Gasteiger partial charge in [0.15, 0.2) is 16.2 Å². The number of aromatic nitrogens is 2. The summed E-state index contributed by atoms with van der Waals surface area (Å²) in [5.74, 6) is -1.15. The molecule has 8 nitrogen and oxygen atoms in total. The molecule has 0 aliphatic rings. The number of aryl methyl sites for hydroxylation is 1. The fourth-order valence-electron chi connectivity index (χ4n) is 3.89. The number of aromatic hydroxyl groups is 1. The predicted octanol–water partition coefficient (Wildman–Crippen LogP) is 5.21. The lowest BCUT2D eigenvalue weighted by molar-refractivity contribution is 0.409. The van der Waals surface area contributed by atoms with Gasteiger partial charge in [-0.1, -0.05) is 18.2 Å². The van der Waals surface area contributed by atoms with Gasteiger partial charge in [0.05, 0.1) is 30.0 Å². The van der Waals surface area contributed by atoms with Crippen LogP contribution in [0.1, 0.15) is 5.69 Å². The molecule has 0 unspecified atom stereocenters. The van der Waals surface area contributed by atoms with Crippen molar-refractivity contribution < 1.29 is 31.3 Å². The summed E-state index contributed by atoms with van der Waals surface area (Å²) < 4.78 is 57.7. The molecule has 5 rings (SSSR count). The van der Waals surface area contributed by atoms with E-state index >= 15 is 0 Å². The van der Waals surface area contributed by atoms with Crippen LogP contribution in [0.15, 0.2) is 82.3 Å². The number of nitrogens with zero attached hydrogens (tertiary/aromatic N) is 2. The van der Waals surface area contributed by atoms with Crippen LogP contribution in [0, 0.1) is 12.7 Å². The van der Waals surface area contributed by atoms with E-state index in [1.54, 1.807) is 10.7 Å². The predicted molar refractivity (Wildman–Crippen MR) is 126 cm³/mol. The monoisotopic (exact) mass is 494 g/mol. The quantitative estimate of drug-likeness (QED) is 0.323. The fraction of sp³-hybridized carbons (Fsp3) is 0.0800. The number of phenols is 1. The Kier molecular flexibility index (Phi) is 5.45. The molecule has 3 aromatic carbocycles. The normalized spacial score (nSPS) is 11.6. The number of hydrogen-bond acceptors (Lipinski definition) is 7. The number of furan rings is 1. The van der Waals surface area contributed by atoms with Gasteiger partial charge < -0.3 is 18.4 Å². The first-order valence-electron chi connectivity index (χ1n) is 10.4. The van der Waals surface area contributed by atoms with Crippen molar-refractivity contribution >= 4 is 21.1 Å². The summed E-state index contributed by atoms with van der Waals surface area (Å²) in [5.41, 5.74) is 1.71. The first-order valence-corrected chi connectivity index (χ1v) is 11.8. The standard InChI is InChI=1S/C25H19FN2O6S/c1-15-14-20(27-28(15)17-6-4-3-5-7-17)21-22(29)25(24-19(12-13-33-24)23(21)32-2)35(30,31)34-18-10-8-16(26)9-11-18/h3-14,29H,1-2H3. The van der Waals surface area contributed by atoms with Gasteiger partial charge in [-0.05, 0) is 55.5 Å². The van der Waals surface area contributed by atoms with Crippen LogP contribution >= 0.6 is 0 Å². The Balaban J connectivity index is 1.73. The molecule has 0 saturated carbocycles. The van der Waals surface area contributed by atoms with Crippen LogP contribution < -0.4 is 8.92 Å². The molecule has 10 heteroatoms. The van der Waals surface area contributed by atoms with E-state index in [0.29, 0.717) is 5.39 Å². The number of ether oxygens (including phenoxy) is 1. The average molecular weight is 495 g/mol. The van der Waals surface area contributed by atoms with E-state index in [-0.39, 0.29) is 28.3 Å². The summed E-state index contributed by atoms with van der Waals surface area (Å²) in [4.78, 5) is -0.593. The zero-order valence-electron chi connectivity index (χ0n) is 18.6. The fourth-order valence-corrected chi connectivity index (χ4v) is 5.07. The molecule has 2 aromatic heterocycles. The van der Waals surface area contributed by atoms with Crippen LogP contribution in [0.5, 0.6) is 17.2 Å². The van der Waals surface area contributed by atoms with Crippen molar-refractivity contribution in [2.75, 3.05) is 7.11 Å². The largest absolute Gasteiger partial charge is 0.505 e. The Bertz CT molecular complexity index is 1640. The van der Waals surface area contributed by atoms with Gasteiger partial charge in [0.2, 0.25) is 0 Å². The number of fused-ring (bicyclic) bond motifs is 1. The molecule has 5 aromatic rings. The van der Waals surface area contributed by atoms with Crippen molar-refractivity contribution in [1.82, 2.24) is 9.78 Å². The van der Waals surface area contributed by atoms with Crippen molar-refractivity contribution in [3.8, 4) is 34.2 Å². The topological polar surface area (TPSA) is 104 Å². The molecule has 0 aliphatic carbocycles. The summed E-state index contributed by atoms with van der Waals surface area (Å²) in [6, 6.07) is 17.0. The highest BCUT2D eigenvalue weighted by Gasteiger charge is 2.33. The van der Waals surface area contributed by atoms with Crippen LogP contribution in [-0.4, -0.2) is 30.4 Å². The first-order chi connectivity index (χ1) is 16.8. The minimum Gasteiger partial charge on any atom is -0.505 e. The second kappa shape index (κ2) is 8.48. The minimum atomic E-state index is -4.62. The van der Waals surface area contributed by atoms with Gasteiger partial charge in [-0.15, -0.1) is 0 Å². The van der Waals surface area contributed by atoms with Gasteiger partial charge in [0, 0.05) is 5.69 Å². The zero-order valence-corrected chi connectivity index (χ0v) is 19.4. The third-order valence-corrected chi connectivity index (χ3v) is 6.70. The van der Waals surface area contributed by atoms with Gasteiger partial charge >= 0.3 is 10.1 Å². The molecule has 0 spiro atoms. The Morgan fingerprint density at radius 3 is 2.46 bits per heavy atom. The summed E-state index contributed by atoms with van der Waals surface area (Å²) >= 11 is 0. The summed E-state index contributed by atoms with van der Waals surface area (Å²) in [5, 5.41) is 16.2. The van der Waals surface area contributed by atoms with Crippen molar-refractivity contribution in [2.45, 2.75) is 11.8 Å². The van der Waals surface area contributed by atoms with Crippen LogP contribution in [0.2, 0.25) is 0 Å². The first kappa shape index (κ1) is 22.5. The third kappa shape index (κ3) is 3.87. The van der Waals surface area contributed by atoms with Gasteiger partial charge in [-0.3, -0.25) is 0 Å². The lowest BCUT2D eigenvalue weighted by Crippen LogP contribution is -2.11. The number of halogens is 1. The van der Waals surface area contributed by atoms with Crippen molar-refractivity contribution in [3.05, 3.63) is 84.5 Å². The molecule has 1 N–H and O–H groups in total. The highest BCUT2D eigenvalue weighted by Crippen LogP contribution is 2.48. The van der Waals surface area contributed by atoms with E-state index in [9.17, 15) is 17.9 Å². The number of phenolic OH excluding ortho intramolecular Hbond substituents is 1. The Morgan fingerprint density at radius 1 is 1.06 bits per heavy atom. The Hall–Kier alpha value is -4.31. The maximum absolute atomic E-state index is 13.3. The van der Waals surface area contributed by atoms with E-state index in [4.69, 9.17) is 13.3 Å². The maximum Gasteiger partial charge on any atom is 0.346 e. The molecule has 0 bridgehead atoms. The molecular formula is C25H19FN2O6S. The molecule has 35 heavy (non-hydrogen) atoms. The number of para-hydroxylation sites is 1. The van der Waals surface area contributed by atoms with Gasteiger partial charge in [-0.25, -0.2) is 9.07 Å². The van der Waals surface area contributed by atoms with Crippen LogP contribution in [0.25, 0.3) is 27.9 Å². The molecule has 0 saturated heterocycles. The minimum absolute atomic E-state index is 0.0560. The highest BCUT2D eigenvalue weighted by atomic mass is 32.2. The summed E-state index contributed by atoms with van der Waals surface area (Å²) in [6.07, 6.45) is 1.28. The maximum atomic E-state index is 13.3.